The van der Waals surface area contributed by atoms with Gasteiger partial charge in [0, 0.05) is 23.3 Å². The molecule has 3 heteroatoms. The van der Waals surface area contributed by atoms with Crippen molar-refractivity contribution >= 4 is 34.6 Å². The lowest BCUT2D eigenvalue weighted by molar-refractivity contribution is 0.690. The van der Waals surface area contributed by atoms with Gasteiger partial charge in [-0.05, 0) is 23.8 Å². The molecule has 0 bridgehead atoms. The van der Waals surface area contributed by atoms with Gasteiger partial charge in [-0.25, -0.2) is 0 Å². The fraction of sp³-hybridized carbons (Fsp3) is 0.100. The van der Waals surface area contributed by atoms with Crippen molar-refractivity contribution in [2.75, 3.05) is 12.5 Å². The summed E-state index contributed by atoms with van der Waals surface area (Å²) < 4.78 is 9.56. The quantitative estimate of drug-likeness (QED) is 0.668. The summed E-state index contributed by atoms with van der Waals surface area (Å²) in [4.78, 5) is 0. The highest BCUT2D eigenvalue weighted by atomic mass is 32.2. The van der Waals surface area contributed by atoms with E-state index in [1.54, 1.807) is 12.5 Å². The SMILES string of the molecule is CS(C)=O.c1ccc(P(c2ccccc2)c2ccccc2)cc1. The zero-order valence-corrected chi connectivity index (χ0v) is 15.1. The van der Waals surface area contributed by atoms with Crippen LogP contribution in [0.5, 0.6) is 0 Å². The average molecular weight is 340 g/mol. The van der Waals surface area contributed by atoms with E-state index >= 15 is 0 Å². The smallest absolute Gasteiger partial charge is 0.0148 e. The first-order chi connectivity index (χ1) is 11.2. The molecule has 0 atom stereocenters. The van der Waals surface area contributed by atoms with E-state index in [4.69, 9.17) is 0 Å². The van der Waals surface area contributed by atoms with Gasteiger partial charge in [-0.3, -0.25) is 4.21 Å². The van der Waals surface area contributed by atoms with Gasteiger partial charge < -0.3 is 0 Å². The highest BCUT2D eigenvalue weighted by molar-refractivity contribution is 7.83. The van der Waals surface area contributed by atoms with Crippen LogP contribution in [0, 0.1) is 0 Å². The molecule has 3 aromatic rings. The third kappa shape index (κ3) is 5.74. The molecule has 0 N–H and O–H groups in total. The van der Waals surface area contributed by atoms with Crippen molar-refractivity contribution in [1.82, 2.24) is 0 Å². The lowest BCUT2D eigenvalue weighted by Gasteiger charge is -2.18. The Morgan fingerprint density at radius 2 is 0.783 bits per heavy atom. The van der Waals surface area contributed by atoms with E-state index in [9.17, 15) is 4.21 Å². The van der Waals surface area contributed by atoms with E-state index in [1.807, 2.05) is 0 Å². The minimum absolute atomic E-state index is 0.446. The molecule has 0 aliphatic heterocycles. The zero-order valence-electron chi connectivity index (χ0n) is 13.4. The maximum Gasteiger partial charge on any atom is 0.0148 e. The second-order valence-electron chi connectivity index (χ2n) is 5.08. The number of benzene rings is 3. The summed E-state index contributed by atoms with van der Waals surface area (Å²) in [5.74, 6) is 0. The van der Waals surface area contributed by atoms with Crippen molar-refractivity contribution in [3.63, 3.8) is 0 Å². The maximum absolute atomic E-state index is 9.56. The van der Waals surface area contributed by atoms with Gasteiger partial charge >= 0.3 is 0 Å². The molecule has 0 aliphatic carbocycles. The first kappa shape index (κ1) is 17.6. The van der Waals surface area contributed by atoms with Crippen molar-refractivity contribution in [2.45, 2.75) is 0 Å². The largest absolute Gasteiger partial charge is 0.260 e. The van der Waals surface area contributed by atoms with Crippen molar-refractivity contribution < 1.29 is 4.21 Å². The Bertz CT molecular complexity index is 616. The van der Waals surface area contributed by atoms with Gasteiger partial charge in [0.2, 0.25) is 0 Å². The molecule has 0 aliphatic rings. The van der Waals surface area contributed by atoms with Crippen LogP contribution in [-0.2, 0) is 10.8 Å². The Morgan fingerprint density at radius 1 is 0.565 bits per heavy atom. The van der Waals surface area contributed by atoms with Crippen LogP contribution in [0.1, 0.15) is 0 Å². The monoisotopic (exact) mass is 340 g/mol. The summed E-state index contributed by atoms with van der Waals surface area (Å²) in [6.45, 7) is 0. The molecule has 0 fully saturated rings. The first-order valence-corrected chi connectivity index (χ1v) is 10.7. The molecule has 0 unspecified atom stereocenters. The van der Waals surface area contributed by atoms with Gasteiger partial charge in [0.1, 0.15) is 0 Å². The highest BCUT2D eigenvalue weighted by Crippen LogP contribution is 2.32. The van der Waals surface area contributed by atoms with Gasteiger partial charge in [-0.1, -0.05) is 91.0 Å². The Kier molecular flexibility index (Phi) is 7.19. The van der Waals surface area contributed by atoms with E-state index in [1.165, 1.54) is 15.9 Å². The molecule has 23 heavy (non-hydrogen) atoms. The van der Waals surface area contributed by atoms with E-state index < -0.39 is 18.7 Å². The van der Waals surface area contributed by atoms with Gasteiger partial charge in [-0.15, -0.1) is 0 Å². The average Bonchev–Trinajstić information content (AvgIpc) is 2.58. The summed E-state index contributed by atoms with van der Waals surface area (Å²) in [5, 5.41) is 4.19. The van der Waals surface area contributed by atoms with E-state index in [-0.39, 0.29) is 0 Å². The van der Waals surface area contributed by atoms with Gasteiger partial charge in [-0.2, -0.15) is 0 Å². The van der Waals surface area contributed by atoms with Crippen LogP contribution in [0.25, 0.3) is 0 Å². The first-order valence-electron chi connectivity index (χ1n) is 7.39. The second-order valence-corrected chi connectivity index (χ2v) is 8.79. The summed E-state index contributed by atoms with van der Waals surface area (Å²) >= 11 is 0. The van der Waals surface area contributed by atoms with Crippen molar-refractivity contribution in [2.24, 2.45) is 0 Å². The maximum atomic E-state index is 9.56. The number of rotatable bonds is 3. The summed E-state index contributed by atoms with van der Waals surface area (Å²) in [5.41, 5.74) is 0. The summed E-state index contributed by atoms with van der Waals surface area (Å²) in [7, 11) is -1.06. The van der Waals surface area contributed by atoms with E-state index in [2.05, 4.69) is 91.0 Å². The molecule has 3 rings (SSSR count). The van der Waals surface area contributed by atoms with Crippen LogP contribution in [0.4, 0.5) is 0 Å². The van der Waals surface area contributed by atoms with Crippen LogP contribution in [0.3, 0.4) is 0 Å². The Hall–Kier alpha value is -1.76. The van der Waals surface area contributed by atoms with Crippen LogP contribution in [0.15, 0.2) is 91.0 Å². The van der Waals surface area contributed by atoms with Crippen LogP contribution >= 0.6 is 7.92 Å². The van der Waals surface area contributed by atoms with Gasteiger partial charge in [0.15, 0.2) is 0 Å². The number of hydrogen-bond acceptors (Lipinski definition) is 1. The minimum Gasteiger partial charge on any atom is -0.260 e. The molecule has 3 aromatic carbocycles. The number of hydrogen-bond donors (Lipinski definition) is 0. The molecular formula is C20H21OPS. The van der Waals surface area contributed by atoms with Crippen molar-refractivity contribution in [1.29, 1.82) is 0 Å². The molecule has 0 saturated carbocycles. The van der Waals surface area contributed by atoms with E-state index in [0.29, 0.717) is 0 Å². The lowest BCUT2D eigenvalue weighted by atomic mass is 10.4. The third-order valence-electron chi connectivity index (χ3n) is 3.04. The zero-order chi connectivity index (χ0) is 16.5. The van der Waals surface area contributed by atoms with Crippen molar-refractivity contribution in [3.05, 3.63) is 91.0 Å². The standard InChI is InChI=1S/C18H15P.C2H6OS/c1-4-10-16(11-5-1)19(17-12-6-2-7-13-17)18-14-8-3-9-15-18;1-4(2)3/h1-15H;1-2H3. The molecule has 0 aromatic heterocycles. The normalized spacial score (nSPS) is 10.3. The fourth-order valence-electron chi connectivity index (χ4n) is 2.18. The van der Waals surface area contributed by atoms with Crippen LogP contribution < -0.4 is 15.9 Å². The summed E-state index contributed by atoms with van der Waals surface area (Å²) in [6.07, 6.45) is 3.28. The van der Waals surface area contributed by atoms with Crippen LogP contribution in [0.2, 0.25) is 0 Å². The molecule has 118 valence electrons. The van der Waals surface area contributed by atoms with Crippen LogP contribution in [-0.4, -0.2) is 16.7 Å². The molecule has 1 nitrogen and oxygen atoms in total. The topological polar surface area (TPSA) is 17.1 Å². The third-order valence-corrected chi connectivity index (χ3v) is 5.49. The molecule has 0 heterocycles. The predicted octanol–water partition coefficient (Wildman–Crippen LogP) is 3.44. The van der Waals surface area contributed by atoms with E-state index in [0.717, 1.165) is 0 Å². The Balaban J connectivity index is 0.000000433. The highest BCUT2D eigenvalue weighted by Gasteiger charge is 2.14. The second kappa shape index (κ2) is 9.39. The lowest BCUT2D eigenvalue weighted by Crippen LogP contribution is -2.20. The molecular weight excluding hydrogens is 319 g/mol. The predicted molar refractivity (Wildman–Crippen MR) is 105 cm³/mol. The summed E-state index contributed by atoms with van der Waals surface area (Å²) in [6, 6.07) is 32.3. The molecule has 0 spiro atoms. The molecule has 0 amide bonds. The molecule has 0 radical (unpaired) electrons. The Morgan fingerprint density at radius 3 is 1.00 bits per heavy atom. The minimum atomic E-state index is -0.611. The Labute approximate surface area is 142 Å². The van der Waals surface area contributed by atoms with Crippen molar-refractivity contribution in [3.8, 4) is 0 Å². The molecule has 0 saturated heterocycles. The fourth-order valence-corrected chi connectivity index (χ4v) is 4.48. The van der Waals surface area contributed by atoms with Gasteiger partial charge in [0.25, 0.3) is 0 Å². The van der Waals surface area contributed by atoms with Gasteiger partial charge in [0.05, 0.1) is 0 Å².